The van der Waals surface area contributed by atoms with Gasteiger partial charge in [0.05, 0.1) is 19.5 Å². The fraction of sp³-hybridized carbons (Fsp3) is 0.333. The molecule has 4 nitrogen and oxygen atoms in total. The van der Waals surface area contributed by atoms with Gasteiger partial charge in [0.2, 0.25) is 0 Å². The maximum absolute atomic E-state index is 11.5. The molecule has 0 unspecified atom stereocenters. The molecule has 0 atom stereocenters. The van der Waals surface area contributed by atoms with E-state index in [1.54, 1.807) is 0 Å². The smallest absolute Gasteiger partial charge is 0.283 e. The van der Waals surface area contributed by atoms with Crippen LogP contribution >= 0.6 is 0 Å². The lowest BCUT2D eigenvalue weighted by Crippen LogP contribution is -2.44. The van der Waals surface area contributed by atoms with Crippen molar-refractivity contribution in [2.75, 3.05) is 12.9 Å². The van der Waals surface area contributed by atoms with Gasteiger partial charge < -0.3 is 4.43 Å². The Balaban J connectivity index is 2.05. The van der Waals surface area contributed by atoms with E-state index in [0.717, 1.165) is 23.0 Å². The number of benzene rings is 3. The summed E-state index contributed by atoms with van der Waals surface area (Å²) in [5.74, 6) is 0. The Morgan fingerprint density at radius 3 is 1.94 bits per heavy atom. The van der Waals surface area contributed by atoms with Gasteiger partial charge in [-0.3, -0.25) is 4.18 Å². The van der Waals surface area contributed by atoms with Gasteiger partial charge in [0.1, 0.15) is 0 Å². The van der Waals surface area contributed by atoms with Gasteiger partial charge in [-0.1, -0.05) is 93.6 Å². The number of hydrogen-bond acceptors (Lipinski definition) is 4. The van der Waals surface area contributed by atoms with Crippen LogP contribution in [0.25, 0.3) is 5.57 Å². The fourth-order valence-corrected chi connectivity index (χ4v) is 7.20. The summed E-state index contributed by atoms with van der Waals surface area (Å²) in [6.07, 6.45) is 2.91. The van der Waals surface area contributed by atoms with Crippen LogP contribution in [0.3, 0.4) is 0 Å². The summed E-state index contributed by atoms with van der Waals surface area (Å²) in [4.78, 5) is 0. The molecule has 3 rings (SSSR count). The molecule has 0 aromatic heterocycles. The molecule has 36 heavy (non-hydrogen) atoms. The van der Waals surface area contributed by atoms with E-state index in [1.165, 1.54) is 27.1 Å². The maximum atomic E-state index is 11.5. The van der Waals surface area contributed by atoms with Crippen LogP contribution in [0.15, 0.2) is 72.8 Å². The SMILES string of the molecule is CC(=CCOS(C)(=O)=O)c1c(CO[Si](c2ccccc2)c2ccccc2)cc(C)c(C(C)(C)C)c1C. The number of hydrogen-bond donors (Lipinski definition) is 0. The first-order valence-electron chi connectivity index (χ1n) is 12.1. The molecule has 0 saturated heterocycles. The molecule has 0 amide bonds. The van der Waals surface area contributed by atoms with Crippen LogP contribution in [0.5, 0.6) is 0 Å². The highest BCUT2D eigenvalue weighted by molar-refractivity contribution is 7.86. The van der Waals surface area contributed by atoms with E-state index in [2.05, 4.69) is 89.2 Å². The summed E-state index contributed by atoms with van der Waals surface area (Å²) >= 11 is 0. The summed E-state index contributed by atoms with van der Waals surface area (Å²) in [6.45, 7) is 13.5. The monoisotopic (exact) mass is 521 g/mol. The van der Waals surface area contributed by atoms with Crippen molar-refractivity contribution in [1.29, 1.82) is 0 Å². The number of allylic oxidation sites excluding steroid dienone is 1. The van der Waals surface area contributed by atoms with Gasteiger partial charge in [0.25, 0.3) is 19.2 Å². The standard InChI is InChI=1S/C30H37O4SSi/c1-22(18-19-33-35(7,31)32)28-24(3)29(30(4,5)6)23(2)20-25(28)21-34-36(26-14-10-8-11-15-26)27-16-12-9-13-17-27/h8-18,20H,19,21H2,1-7H3. The van der Waals surface area contributed by atoms with Crippen LogP contribution in [0.2, 0.25) is 0 Å². The van der Waals surface area contributed by atoms with E-state index >= 15 is 0 Å². The van der Waals surface area contributed by atoms with Crippen molar-refractivity contribution >= 4 is 35.1 Å². The zero-order chi connectivity index (χ0) is 26.5. The zero-order valence-corrected chi connectivity index (χ0v) is 24.2. The average Bonchev–Trinajstić information content (AvgIpc) is 2.78. The molecule has 0 fully saturated rings. The summed E-state index contributed by atoms with van der Waals surface area (Å²) in [6, 6.07) is 23.0. The van der Waals surface area contributed by atoms with E-state index in [4.69, 9.17) is 8.61 Å². The number of rotatable bonds is 9. The number of aryl methyl sites for hydroxylation is 1. The molecule has 191 valence electrons. The molecular weight excluding hydrogens is 484 g/mol. The highest BCUT2D eigenvalue weighted by atomic mass is 32.2. The normalized spacial score (nSPS) is 12.8. The second kappa shape index (κ2) is 11.7. The molecule has 0 bridgehead atoms. The summed E-state index contributed by atoms with van der Waals surface area (Å²) in [5, 5.41) is 2.40. The van der Waals surface area contributed by atoms with Gasteiger partial charge in [-0.05, 0) is 70.0 Å². The summed E-state index contributed by atoms with van der Waals surface area (Å²) < 4.78 is 34.7. The minimum absolute atomic E-state index is 0.00615. The first-order chi connectivity index (χ1) is 16.9. The van der Waals surface area contributed by atoms with Crippen LogP contribution < -0.4 is 10.4 Å². The molecule has 0 aliphatic carbocycles. The Morgan fingerprint density at radius 1 is 0.944 bits per heavy atom. The minimum atomic E-state index is -3.51. The summed E-state index contributed by atoms with van der Waals surface area (Å²) in [5.41, 5.74) is 6.88. The molecule has 0 spiro atoms. The first-order valence-corrected chi connectivity index (χ1v) is 15.4. The van der Waals surface area contributed by atoms with Crippen molar-refractivity contribution in [1.82, 2.24) is 0 Å². The molecule has 6 heteroatoms. The fourth-order valence-electron chi connectivity index (χ4n) is 4.93. The molecule has 0 heterocycles. The van der Waals surface area contributed by atoms with Gasteiger partial charge in [-0.15, -0.1) is 0 Å². The topological polar surface area (TPSA) is 52.6 Å². The second-order valence-corrected chi connectivity index (χ2v) is 13.9. The van der Waals surface area contributed by atoms with Gasteiger partial charge >= 0.3 is 0 Å². The third-order valence-corrected chi connectivity index (χ3v) is 8.83. The van der Waals surface area contributed by atoms with Gasteiger partial charge in [-0.2, -0.15) is 8.42 Å². The third-order valence-electron chi connectivity index (χ3n) is 6.12. The Bertz CT molecular complexity index is 1270. The van der Waals surface area contributed by atoms with Gasteiger partial charge in [0, 0.05) is 0 Å². The van der Waals surface area contributed by atoms with Crippen LogP contribution in [-0.4, -0.2) is 30.3 Å². The van der Waals surface area contributed by atoms with Crippen LogP contribution in [-0.2, 0) is 30.7 Å². The molecule has 1 radical (unpaired) electrons. The third kappa shape index (κ3) is 7.26. The molecule has 0 N–H and O–H groups in total. The summed E-state index contributed by atoms with van der Waals surface area (Å²) in [7, 11) is -4.97. The first kappa shape index (κ1) is 28.1. The van der Waals surface area contributed by atoms with Crippen molar-refractivity contribution < 1.29 is 17.0 Å². The Morgan fingerprint density at radius 2 is 1.47 bits per heavy atom. The highest BCUT2D eigenvalue weighted by Crippen LogP contribution is 2.36. The Hall–Kier alpha value is -2.51. The predicted molar refractivity (Wildman–Crippen MR) is 152 cm³/mol. The Labute approximate surface area is 218 Å². The van der Waals surface area contributed by atoms with E-state index in [9.17, 15) is 8.42 Å². The average molecular weight is 522 g/mol. The van der Waals surface area contributed by atoms with Gasteiger partial charge in [-0.25, -0.2) is 0 Å². The minimum Gasteiger partial charge on any atom is -0.403 e. The molecule has 3 aromatic rings. The molecular formula is C30H37O4SSi. The zero-order valence-electron chi connectivity index (χ0n) is 22.4. The van der Waals surface area contributed by atoms with Crippen molar-refractivity contribution in [3.63, 3.8) is 0 Å². The lowest BCUT2D eigenvalue weighted by atomic mass is 9.77. The molecule has 0 saturated carbocycles. The lowest BCUT2D eigenvalue weighted by molar-refractivity contribution is 0.321. The molecule has 0 aliphatic heterocycles. The molecule has 3 aromatic carbocycles. The van der Waals surface area contributed by atoms with Crippen LogP contribution in [0, 0.1) is 13.8 Å². The lowest BCUT2D eigenvalue weighted by Gasteiger charge is -2.28. The van der Waals surface area contributed by atoms with Crippen LogP contribution in [0.1, 0.15) is 55.5 Å². The van der Waals surface area contributed by atoms with E-state index in [0.29, 0.717) is 6.61 Å². The largest absolute Gasteiger partial charge is 0.403 e. The van der Waals surface area contributed by atoms with Crippen molar-refractivity contribution in [2.45, 2.75) is 53.6 Å². The van der Waals surface area contributed by atoms with E-state index in [-0.39, 0.29) is 12.0 Å². The second-order valence-electron chi connectivity index (χ2n) is 10.2. The highest BCUT2D eigenvalue weighted by Gasteiger charge is 2.25. The van der Waals surface area contributed by atoms with Crippen LogP contribution in [0.4, 0.5) is 0 Å². The van der Waals surface area contributed by atoms with E-state index in [1.807, 2.05) is 25.1 Å². The predicted octanol–water partition coefficient (Wildman–Crippen LogP) is 5.30. The van der Waals surface area contributed by atoms with Crippen molar-refractivity contribution in [3.05, 3.63) is 101 Å². The van der Waals surface area contributed by atoms with Gasteiger partial charge in [0.15, 0.2) is 0 Å². The van der Waals surface area contributed by atoms with E-state index < -0.39 is 19.2 Å². The van der Waals surface area contributed by atoms with Crippen molar-refractivity contribution in [3.8, 4) is 0 Å². The quantitative estimate of drug-likeness (QED) is 0.283. The van der Waals surface area contributed by atoms with Crippen molar-refractivity contribution in [2.24, 2.45) is 0 Å². The molecule has 0 aliphatic rings. The maximum Gasteiger partial charge on any atom is 0.283 e. The Kier molecular flexibility index (Phi) is 9.11.